The molecule has 1 unspecified atom stereocenters. The Balaban J connectivity index is 1.42. The lowest BCUT2D eigenvalue weighted by Gasteiger charge is -2.33. The average Bonchev–Trinajstić information content (AvgIpc) is 3.43. The van der Waals surface area contributed by atoms with Crippen molar-refractivity contribution in [1.82, 2.24) is 24.8 Å². The van der Waals surface area contributed by atoms with Crippen LogP contribution in [-0.2, 0) is 13.0 Å². The van der Waals surface area contributed by atoms with Crippen LogP contribution in [0.4, 0.5) is 0 Å². The summed E-state index contributed by atoms with van der Waals surface area (Å²) in [5.74, 6) is 1.88. The molecule has 0 N–H and O–H groups in total. The number of aromatic nitrogens is 4. The minimum atomic E-state index is -0.203. The molecule has 1 fully saturated rings. The Morgan fingerprint density at radius 2 is 2.20 bits per heavy atom. The number of benzene rings is 1. The monoisotopic (exact) mass is 409 g/mol. The van der Waals surface area contributed by atoms with Crippen molar-refractivity contribution in [3.05, 3.63) is 59.5 Å². The minimum absolute atomic E-state index is 0.0402. The zero-order valence-corrected chi connectivity index (χ0v) is 17.5. The van der Waals surface area contributed by atoms with E-state index in [0.717, 1.165) is 30.6 Å². The van der Waals surface area contributed by atoms with Gasteiger partial charge in [0.2, 0.25) is 5.89 Å². The first-order valence-corrected chi connectivity index (χ1v) is 10.5. The van der Waals surface area contributed by atoms with Crippen molar-refractivity contribution in [2.45, 2.75) is 52.1 Å². The van der Waals surface area contributed by atoms with E-state index in [-0.39, 0.29) is 11.9 Å². The van der Waals surface area contributed by atoms with E-state index < -0.39 is 0 Å². The van der Waals surface area contributed by atoms with Gasteiger partial charge in [0.05, 0.1) is 6.61 Å². The maximum Gasteiger partial charge on any atom is 0.272 e. The Hall–Kier alpha value is -3.16. The zero-order valence-electron chi connectivity index (χ0n) is 17.5. The normalized spacial score (nSPS) is 16.6. The summed E-state index contributed by atoms with van der Waals surface area (Å²) in [6.45, 7) is 5.79. The number of piperidine rings is 1. The lowest BCUT2D eigenvalue weighted by molar-refractivity contribution is 0.0549. The molecule has 8 heteroatoms. The number of hydrogen-bond acceptors (Lipinski definition) is 6. The fourth-order valence-electron chi connectivity index (χ4n) is 3.81. The number of hydrogen-bond donors (Lipinski definition) is 0. The second-order valence-corrected chi connectivity index (χ2v) is 7.51. The van der Waals surface area contributed by atoms with Crippen molar-refractivity contribution in [1.29, 1.82) is 0 Å². The van der Waals surface area contributed by atoms with Crippen molar-refractivity contribution in [3.8, 4) is 5.75 Å². The molecule has 0 radical (unpaired) electrons. The van der Waals surface area contributed by atoms with Gasteiger partial charge in [-0.1, -0.05) is 17.3 Å². The third-order valence-corrected chi connectivity index (χ3v) is 5.35. The number of ether oxygens (including phenoxy) is 1. The lowest BCUT2D eigenvalue weighted by Crippen LogP contribution is -2.39. The highest BCUT2D eigenvalue weighted by Crippen LogP contribution is 2.31. The van der Waals surface area contributed by atoms with Crippen LogP contribution in [0, 0.1) is 6.92 Å². The summed E-state index contributed by atoms with van der Waals surface area (Å²) in [5.41, 5.74) is 1.75. The van der Waals surface area contributed by atoms with Gasteiger partial charge in [-0.25, -0.2) is 0 Å². The third kappa shape index (κ3) is 4.37. The van der Waals surface area contributed by atoms with E-state index in [4.69, 9.17) is 9.26 Å². The van der Waals surface area contributed by atoms with Crippen molar-refractivity contribution >= 4 is 5.91 Å². The molecule has 1 amide bonds. The molecule has 1 aliphatic heterocycles. The van der Waals surface area contributed by atoms with Crippen molar-refractivity contribution in [2.24, 2.45) is 0 Å². The first-order valence-electron chi connectivity index (χ1n) is 10.5. The van der Waals surface area contributed by atoms with Crippen LogP contribution in [0.5, 0.6) is 5.75 Å². The Bertz CT molecular complexity index is 996. The number of carbonyl (C=O) groups excluding carboxylic acids is 1. The number of likely N-dealkylation sites (tertiary alicyclic amines) is 1. The molecule has 0 bridgehead atoms. The zero-order chi connectivity index (χ0) is 20.9. The van der Waals surface area contributed by atoms with Gasteiger partial charge in [-0.2, -0.15) is 10.1 Å². The molecule has 2 aromatic heterocycles. The summed E-state index contributed by atoms with van der Waals surface area (Å²) in [7, 11) is 0. The predicted molar refractivity (Wildman–Crippen MR) is 110 cm³/mol. The summed E-state index contributed by atoms with van der Waals surface area (Å²) < 4.78 is 13.0. The fraction of sp³-hybridized carbons (Fsp3) is 0.455. The Kier molecular flexibility index (Phi) is 6.11. The van der Waals surface area contributed by atoms with E-state index in [1.54, 1.807) is 16.9 Å². The van der Waals surface area contributed by atoms with E-state index in [1.165, 1.54) is 0 Å². The average molecular weight is 409 g/mol. The number of carbonyl (C=O) groups is 1. The van der Waals surface area contributed by atoms with Gasteiger partial charge in [-0.15, -0.1) is 0 Å². The van der Waals surface area contributed by atoms with Gasteiger partial charge in [0.15, 0.2) is 5.82 Å². The first-order chi connectivity index (χ1) is 14.7. The molecule has 4 rings (SSSR count). The van der Waals surface area contributed by atoms with Crippen LogP contribution in [0.25, 0.3) is 0 Å². The molecule has 1 aromatic carbocycles. The quantitative estimate of drug-likeness (QED) is 0.593. The molecule has 1 atom stereocenters. The molecule has 1 aliphatic rings. The maximum atomic E-state index is 13.1. The van der Waals surface area contributed by atoms with Crippen LogP contribution >= 0.6 is 0 Å². The molecule has 0 saturated carbocycles. The number of amides is 1. The molecule has 0 aliphatic carbocycles. The Morgan fingerprint density at radius 3 is 3.03 bits per heavy atom. The molecule has 8 nitrogen and oxygen atoms in total. The van der Waals surface area contributed by atoms with Crippen molar-refractivity contribution in [3.63, 3.8) is 0 Å². The summed E-state index contributed by atoms with van der Waals surface area (Å²) in [6.07, 6.45) is 5.01. The summed E-state index contributed by atoms with van der Waals surface area (Å²) in [5, 5.41) is 8.33. The number of nitrogens with zero attached hydrogens (tertiary/aromatic N) is 5. The van der Waals surface area contributed by atoms with Crippen molar-refractivity contribution in [2.75, 3.05) is 13.2 Å². The van der Waals surface area contributed by atoms with Gasteiger partial charge >= 0.3 is 0 Å². The smallest absolute Gasteiger partial charge is 0.272 e. The standard InChI is InChI=1S/C22H27N5O3/c1-3-27-19(10-12-23-27)22(28)26-13-5-4-9-18(26)21-24-20(25-30-21)11-14-29-17-8-6-7-16(2)15-17/h6-8,10,12,15,18H,3-5,9,11,13-14H2,1-2H3. The molecule has 0 spiro atoms. The molecule has 1 saturated heterocycles. The fourth-order valence-corrected chi connectivity index (χ4v) is 3.81. The van der Waals surface area contributed by atoms with E-state index >= 15 is 0 Å². The SMILES string of the molecule is CCn1nccc1C(=O)N1CCCCC1c1nc(CCOc2cccc(C)c2)no1. The Morgan fingerprint density at radius 1 is 1.30 bits per heavy atom. The predicted octanol–water partition coefficient (Wildman–Crippen LogP) is 3.58. The Labute approximate surface area is 175 Å². The van der Waals surface area contributed by atoms with Gasteiger partial charge in [0.25, 0.3) is 5.91 Å². The van der Waals surface area contributed by atoms with Crippen molar-refractivity contribution < 1.29 is 14.1 Å². The topological polar surface area (TPSA) is 86.3 Å². The van der Waals surface area contributed by atoms with Crippen LogP contribution in [0.3, 0.4) is 0 Å². The van der Waals surface area contributed by atoms with E-state index in [1.807, 2.05) is 43.0 Å². The van der Waals surface area contributed by atoms with Crippen LogP contribution in [0.15, 0.2) is 41.1 Å². The highest BCUT2D eigenvalue weighted by molar-refractivity contribution is 5.92. The summed E-state index contributed by atoms with van der Waals surface area (Å²) in [4.78, 5) is 19.5. The van der Waals surface area contributed by atoms with E-state index in [0.29, 0.717) is 43.5 Å². The number of rotatable bonds is 7. The van der Waals surface area contributed by atoms with Crippen LogP contribution in [0.1, 0.15) is 60.0 Å². The van der Waals surface area contributed by atoms with Crippen LogP contribution in [-0.4, -0.2) is 43.9 Å². The summed E-state index contributed by atoms with van der Waals surface area (Å²) >= 11 is 0. The molecule has 3 aromatic rings. The van der Waals surface area contributed by atoms with Crippen LogP contribution < -0.4 is 4.74 Å². The van der Waals surface area contributed by atoms with Gasteiger partial charge < -0.3 is 14.2 Å². The summed E-state index contributed by atoms with van der Waals surface area (Å²) in [6, 6.07) is 9.49. The largest absolute Gasteiger partial charge is 0.493 e. The second-order valence-electron chi connectivity index (χ2n) is 7.51. The van der Waals surface area contributed by atoms with E-state index in [2.05, 4.69) is 15.2 Å². The molecular formula is C22H27N5O3. The molecule has 3 heterocycles. The second kappa shape index (κ2) is 9.11. The third-order valence-electron chi connectivity index (χ3n) is 5.35. The minimum Gasteiger partial charge on any atom is -0.493 e. The lowest BCUT2D eigenvalue weighted by atomic mass is 10.0. The molecular weight excluding hydrogens is 382 g/mol. The van der Waals surface area contributed by atoms with Gasteiger partial charge in [0.1, 0.15) is 17.5 Å². The van der Waals surface area contributed by atoms with Gasteiger partial charge in [-0.05, 0) is 56.9 Å². The highest BCUT2D eigenvalue weighted by Gasteiger charge is 2.33. The highest BCUT2D eigenvalue weighted by atomic mass is 16.5. The number of aryl methyl sites for hydroxylation is 2. The van der Waals surface area contributed by atoms with Crippen LogP contribution in [0.2, 0.25) is 0 Å². The first kappa shape index (κ1) is 20.1. The molecule has 30 heavy (non-hydrogen) atoms. The molecule has 158 valence electrons. The van der Waals surface area contributed by atoms with Gasteiger partial charge in [0, 0.05) is 25.7 Å². The van der Waals surface area contributed by atoms with E-state index in [9.17, 15) is 4.79 Å². The van der Waals surface area contributed by atoms with Gasteiger partial charge in [-0.3, -0.25) is 9.48 Å². The maximum absolute atomic E-state index is 13.1.